The summed E-state index contributed by atoms with van der Waals surface area (Å²) in [7, 11) is 0. The molecule has 2 atom stereocenters. The Hall–Kier alpha value is -2.18. The lowest BCUT2D eigenvalue weighted by Crippen LogP contribution is -2.29. The first-order valence-electron chi connectivity index (χ1n) is 9.44. The van der Waals surface area contributed by atoms with Crippen LogP contribution in [0.25, 0.3) is 5.69 Å². The van der Waals surface area contributed by atoms with E-state index in [0.29, 0.717) is 0 Å². The molecule has 1 saturated heterocycles. The van der Waals surface area contributed by atoms with Crippen molar-refractivity contribution in [2.45, 2.75) is 32.9 Å². The Morgan fingerprint density at radius 3 is 2.57 bits per heavy atom. The number of thiocarbonyl (C=S) groups is 1. The zero-order valence-corrected chi connectivity index (χ0v) is 18.6. The number of hydrogen-bond donors (Lipinski definition) is 1. The lowest BCUT2D eigenvalue weighted by molar-refractivity contribution is 0.329. The molecular weight excluding hydrogens is 432 g/mol. The fourth-order valence-corrected chi connectivity index (χ4v) is 5.01. The number of nitrogens with zero attached hydrogens (tertiary/aromatic N) is 3. The van der Waals surface area contributed by atoms with Gasteiger partial charge in [0.2, 0.25) is 0 Å². The average molecular weight is 455 g/mol. The van der Waals surface area contributed by atoms with E-state index in [1.54, 1.807) is 0 Å². The van der Waals surface area contributed by atoms with Gasteiger partial charge < -0.3 is 14.8 Å². The standard InChI is InChI=1S/C22H23BrN4S/c1-4-26-21(20(25-22(26)28)18-10-7-8-12-24-18)16-13-14(2)27(15(16)3)19-11-6-5-9-17(19)23/h5-13,20-21H,4H2,1-3H3,(H,25,28)/t20-,21+/m0/s1. The van der Waals surface area contributed by atoms with Crippen molar-refractivity contribution in [3.63, 3.8) is 0 Å². The summed E-state index contributed by atoms with van der Waals surface area (Å²) in [5, 5.41) is 4.29. The molecule has 144 valence electrons. The highest BCUT2D eigenvalue weighted by Crippen LogP contribution is 2.41. The maximum absolute atomic E-state index is 5.66. The first-order valence-corrected chi connectivity index (χ1v) is 10.6. The molecule has 3 aromatic rings. The van der Waals surface area contributed by atoms with Crippen LogP contribution in [-0.2, 0) is 0 Å². The van der Waals surface area contributed by atoms with Crippen LogP contribution in [0, 0.1) is 13.8 Å². The highest BCUT2D eigenvalue weighted by Gasteiger charge is 2.40. The van der Waals surface area contributed by atoms with Crippen LogP contribution in [-0.4, -0.2) is 26.1 Å². The highest BCUT2D eigenvalue weighted by atomic mass is 79.9. The van der Waals surface area contributed by atoms with Crippen LogP contribution >= 0.6 is 28.1 Å². The molecule has 0 radical (unpaired) electrons. The van der Waals surface area contributed by atoms with Crippen LogP contribution in [0.3, 0.4) is 0 Å². The molecule has 0 saturated carbocycles. The normalized spacial score (nSPS) is 19.1. The summed E-state index contributed by atoms with van der Waals surface area (Å²) >= 11 is 9.37. The second-order valence-electron chi connectivity index (χ2n) is 7.03. The molecular formula is C22H23BrN4S. The molecule has 3 heterocycles. The molecule has 28 heavy (non-hydrogen) atoms. The summed E-state index contributed by atoms with van der Waals surface area (Å²) in [5.74, 6) is 0. The molecule has 6 heteroatoms. The van der Waals surface area contributed by atoms with Gasteiger partial charge in [-0.25, -0.2) is 0 Å². The largest absolute Gasteiger partial charge is 0.352 e. The minimum atomic E-state index is 0.0295. The van der Waals surface area contributed by atoms with E-state index < -0.39 is 0 Å². The molecule has 4 rings (SSSR count). The highest BCUT2D eigenvalue weighted by molar-refractivity contribution is 9.10. The number of benzene rings is 1. The van der Waals surface area contributed by atoms with Gasteiger partial charge in [-0.05, 0) is 84.8 Å². The molecule has 1 N–H and O–H groups in total. The Kier molecular flexibility index (Phi) is 5.25. The maximum Gasteiger partial charge on any atom is 0.170 e. The molecule has 0 unspecified atom stereocenters. The number of hydrogen-bond acceptors (Lipinski definition) is 2. The summed E-state index contributed by atoms with van der Waals surface area (Å²) in [5.41, 5.74) is 5.86. The smallest absolute Gasteiger partial charge is 0.170 e. The minimum absolute atomic E-state index is 0.0295. The second kappa shape index (κ2) is 7.68. The van der Waals surface area contributed by atoms with E-state index in [0.717, 1.165) is 27.5 Å². The molecule has 0 bridgehead atoms. The molecule has 1 aliphatic rings. The van der Waals surface area contributed by atoms with Gasteiger partial charge in [0.15, 0.2) is 5.11 Å². The number of halogens is 1. The van der Waals surface area contributed by atoms with E-state index in [4.69, 9.17) is 12.2 Å². The third-order valence-electron chi connectivity index (χ3n) is 5.42. The third-order valence-corrected chi connectivity index (χ3v) is 6.44. The first-order chi connectivity index (χ1) is 13.5. The Morgan fingerprint density at radius 2 is 1.89 bits per heavy atom. The minimum Gasteiger partial charge on any atom is -0.352 e. The van der Waals surface area contributed by atoms with E-state index in [1.165, 1.54) is 17.0 Å². The monoisotopic (exact) mass is 454 g/mol. The van der Waals surface area contributed by atoms with E-state index in [1.807, 2.05) is 24.4 Å². The van der Waals surface area contributed by atoms with Crippen molar-refractivity contribution in [1.29, 1.82) is 0 Å². The van der Waals surface area contributed by atoms with Gasteiger partial charge in [-0.15, -0.1) is 0 Å². The number of rotatable bonds is 4. The Balaban J connectivity index is 1.85. The van der Waals surface area contributed by atoms with Gasteiger partial charge in [0.25, 0.3) is 0 Å². The van der Waals surface area contributed by atoms with E-state index >= 15 is 0 Å². The van der Waals surface area contributed by atoms with Gasteiger partial charge in [-0.2, -0.15) is 0 Å². The van der Waals surface area contributed by atoms with Crippen molar-refractivity contribution in [1.82, 2.24) is 19.8 Å². The van der Waals surface area contributed by atoms with Crippen molar-refractivity contribution >= 4 is 33.3 Å². The molecule has 1 fully saturated rings. The third kappa shape index (κ3) is 3.14. The summed E-state index contributed by atoms with van der Waals surface area (Å²) in [6.45, 7) is 7.34. The van der Waals surface area contributed by atoms with Crippen LogP contribution in [0.4, 0.5) is 0 Å². The number of para-hydroxylation sites is 1. The lowest BCUT2D eigenvalue weighted by atomic mass is 9.97. The number of likely N-dealkylation sites (N-methyl/N-ethyl adjacent to an activating group) is 1. The van der Waals surface area contributed by atoms with Crippen LogP contribution in [0.1, 0.15) is 41.7 Å². The molecule has 1 aliphatic heterocycles. The van der Waals surface area contributed by atoms with Crippen molar-refractivity contribution in [3.05, 3.63) is 81.8 Å². The second-order valence-corrected chi connectivity index (χ2v) is 8.27. The van der Waals surface area contributed by atoms with E-state index in [-0.39, 0.29) is 12.1 Å². The fourth-order valence-electron chi connectivity index (χ4n) is 4.18. The Morgan fingerprint density at radius 1 is 1.14 bits per heavy atom. The fraction of sp³-hybridized carbons (Fsp3) is 0.273. The van der Waals surface area contributed by atoms with Gasteiger partial charge in [0.05, 0.1) is 23.5 Å². The SMILES string of the molecule is CCN1C(=S)N[C@@H](c2ccccn2)[C@H]1c1cc(C)n(-c2ccccc2Br)c1C. The summed E-state index contributed by atoms with van der Waals surface area (Å²) in [6.07, 6.45) is 1.84. The van der Waals surface area contributed by atoms with Crippen LogP contribution in [0.2, 0.25) is 0 Å². The zero-order valence-electron chi connectivity index (χ0n) is 16.2. The summed E-state index contributed by atoms with van der Waals surface area (Å²) in [6, 6.07) is 16.8. The molecule has 0 spiro atoms. The lowest BCUT2D eigenvalue weighted by Gasteiger charge is -2.27. The topological polar surface area (TPSA) is 33.1 Å². The zero-order chi connectivity index (χ0) is 19.8. The van der Waals surface area contributed by atoms with Gasteiger partial charge in [0, 0.05) is 28.6 Å². The number of pyridine rings is 1. The van der Waals surface area contributed by atoms with Gasteiger partial charge in [0.1, 0.15) is 0 Å². The van der Waals surface area contributed by atoms with Crippen molar-refractivity contribution in [3.8, 4) is 5.69 Å². The Bertz CT molecular complexity index is 1010. The molecule has 0 amide bonds. The van der Waals surface area contributed by atoms with Crippen LogP contribution in [0.5, 0.6) is 0 Å². The Labute approximate surface area is 179 Å². The van der Waals surface area contributed by atoms with Crippen LogP contribution in [0.15, 0.2) is 59.2 Å². The van der Waals surface area contributed by atoms with Gasteiger partial charge in [-0.3, -0.25) is 4.98 Å². The quantitative estimate of drug-likeness (QED) is 0.546. The first kappa shape index (κ1) is 19.2. The number of aryl methyl sites for hydroxylation is 1. The summed E-state index contributed by atoms with van der Waals surface area (Å²) in [4.78, 5) is 6.87. The summed E-state index contributed by atoms with van der Waals surface area (Å²) < 4.78 is 3.39. The van der Waals surface area contributed by atoms with Crippen molar-refractivity contribution in [2.75, 3.05) is 6.54 Å². The van der Waals surface area contributed by atoms with Crippen molar-refractivity contribution in [2.24, 2.45) is 0 Å². The number of nitrogens with one attached hydrogen (secondary N) is 1. The predicted molar refractivity (Wildman–Crippen MR) is 121 cm³/mol. The van der Waals surface area contributed by atoms with Gasteiger partial charge in [-0.1, -0.05) is 18.2 Å². The van der Waals surface area contributed by atoms with Gasteiger partial charge >= 0.3 is 0 Å². The van der Waals surface area contributed by atoms with Crippen LogP contribution < -0.4 is 5.32 Å². The number of aromatic nitrogens is 2. The van der Waals surface area contributed by atoms with Crippen molar-refractivity contribution < 1.29 is 0 Å². The molecule has 1 aromatic carbocycles. The van der Waals surface area contributed by atoms with E-state index in [2.05, 4.69) is 86.8 Å². The maximum atomic E-state index is 5.66. The molecule has 0 aliphatic carbocycles. The average Bonchev–Trinajstić information content (AvgIpc) is 3.18. The molecule has 2 aromatic heterocycles. The predicted octanol–water partition coefficient (Wildman–Crippen LogP) is 5.24. The van der Waals surface area contributed by atoms with E-state index in [9.17, 15) is 0 Å². The molecule has 4 nitrogen and oxygen atoms in total.